The van der Waals surface area contributed by atoms with Crippen LogP contribution in [0.4, 0.5) is 5.69 Å². The van der Waals surface area contributed by atoms with E-state index in [9.17, 15) is 13.2 Å². The topological polar surface area (TPSA) is 96.5 Å². The highest BCUT2D eigenvalue weighted by Crippen LogP contribution is 2.16. The maximum Gasteiger partial charge on any atom is 0.237 e. The first kappa shape index (κ1) is 19.5. The van der Waals surface area contributed by atoms with E-state index in [-0.39, 0.29) is 24.4 Å². The molecule has 1 saturated heterocycles. The molecule has 0 spiro atoms. The standard InChI is InChI=1S/C14H21N3O4S.ClH/c1-22(19,20)17-11-4-6-12(7-5-11)21-10-9-16-14(18)13-3-2-8-15-13;/h4-7,13,15,17H,2-3,8-10H2,1H3,(H,16,18);1H. The van der Waals surface area contributed by atoms with Gasteiger partial charge in [-0.1, -0.05) is 0 Å². The van der Waals surface area contributed by atoms with Crippen LogP contribution in [0.1, 0.15) is 12.8 Å². The molecule has 0 radical (unpaired) electrons. The van der Waals surface area contributed by atoms with Crippen molar-refractivity contribution < 1.29 is 17.9 Å². The Hall–Kier alpha value is -1.51. The van der Waals surface area contributed by atoms with Crippen LogP contribution in [-0.4, -0.2) is 46.3 Å². The van der Waals surface area contributed by atoms with Crippen LogP contribution in [0.3, 0.4) is 0 Å². The van der Waals surface area contributed by atoms with Gasteiger partial charge in [0.1, 0.15) is 12.4 Å². The smallest absolute Gasteiger partial charge is 0.237 e. The molecule has 1 aromatic carbocycles. The summed E-state index contributed by atoms with van der Waals surface area (Å²) in [5, 5.41) is 5.95. The highest BCUT2D eigenvalue weighted by molar-refractivity contribution is 7.92. The number of benzene rings is 1. The molecule has 130 valence electrons. The van der Waals surface area contributed by atoms with Crippen molar-refractivity contribution in [1.29, 1.82) is 0 Å². The lowest BCUT2D eigenvalue weighted by Crippen LogP contribution is -2.41. The molecule has 1 aliphatic heterocycles. The highest BCUT2D eigenvalue weighted by Gasteiger charge is 2.21. The van der Waals surface area contributed by atoms with Crippen molar-refractivity contribution in [3.8, 4) is 5.75 Å². The molecule has 1 amide bonds. The third-order valence-corrected chi connectivity index (χ3v) is 3.81. The van der Waals surface area contributed by atoms with Gasteiger partial charge in [0.15, 0.2) is 0 Å². The monoisotopic (exact) mass is 363 g/mol. The summed E-state index contributed by atoms with van der Waals surface area (Å²) in [5.74, 6) is 0.626. The Balaban J connectivity index is 0.00000264. The molecule has 1 heterocycles. The molecule has 1 aliphatic rings. The van der Waals surface area contributed by atoms with Crippen LogP contribution in [0, 0.1) is 0 Å². The van der Waals surface area contributed by atoms with E-state index in [0.29, 0.717) is 24.6 Å². The highest BCUT2D eigenvalue weighted by atomic mass is 35.5. The van der Waals surface area contributed by atoms with Crippen LogP contribution in [0.15, 0.2) is 24.3 Å². The molecule has 1 aromatic rings. The van der Waals surface area contributed by atoms with Gasteiger partial charge < -0.3 is 15.4 Å². The third kappa shape index (κ3) is 7.06. The van der Waals surface area contributed by atoms with Gasteiger partial charge >= 0.3 is 0 Å². The third-order valence-electron chi connectivity index (χ3n) is 3.20. The average Bonchev–Trinajstić information content (AvgIpc) is 2.97. The predicted octanol–water partition coefficient (Wildman–Crippen LogP) is 0.727. The van der Waals surface area contributed by atoms with Gasteiger partial charge in [0.25, 0.3) is 0 Å². The summed E-state index contributed by atoms with van der Waals surface area (Å²) in [5.41, 5.74) is 0.482. The minimum Gasteiger partial charge on any atom is -0.492 e. The van der Waals surface area contributed by atoms with Crippen LogP contribution in [-0.2, 0) is 14.8 Å². The number of halogens is 1. The van der Waals surface area contributed by atoms with Crippen molar-refractivity contribution in [2.75, 3.05) is 30.7 Å². The fraction of sp³-hybridized carbons (Fsp3) is 0.500. The van der Waals surface area contributed by atoms with E-state index in [0.717, 1.165) is 25.6 Å². The SMILES string of the molecule is CS(=O)(=O)Nc1ccc(OCCNC(=O)C2CCCN2)cc1.Cl. The molecule has 1 unspecified atom stereocenters. The lowest BCUT2D eigenvalue weighted by atomic mass is 10.2. The zero-order valence-electron chi connectivity index (χ0n) is 12.9. The predicted molar refractivity (Wildman–Crippen MR) is 91.7 cm³/mol. The lowest BCUT2D eigenvalue weighted by Gasteiger charge is -2.12. The molecule has 7 nitrogen and oxygen atoms in total. The molecule has 2 rings (SSSR count). The van der Waals surface area contributed by atoms with Gasteiger partial charge in [0, 0.05) is 5.69 Å². The zero-order valence-corrected chi connectivity index (χ0v) is 14.5. The molecular formula is C14H22ClN3O4S. The molecule has 0 bridgehead atoms. The van der Waals surface area contributed by atoms with Crippen molar-refractivity contribution in [1.82, 2.24) is 10.6 Å². The minimum atomic E-state index is -3.27. The largest absolute Gasteiger partial charge is 0.492 e. The molecule has 0 aliphatic carbocycles. The molecule has 3 N–H and O–H groups in total. The Kier molecular flexibility index (Phi) is 7.60. The number of hydrogen-bond acceptors (Lipinski definition) is 5. The Morgan fingerprint density at radius 3 is 2.61 bits per heavy atom. The summed E-state index contributed by atoms with van der Waals surface area (Å²) in [4.78, 5) is 11.7. The van der Waals surface area contributed by atoms with Gasteiger partial charge in [-0.3, -0.25) is 9.52 Å². The molecule has 0 saturated carbocycles. The van der Waals surface area contributed by atoms with Gasteiger partial charge in [-0.05, 0) is 43.7 Å². The molecule has 9 heteroatoms. The van der Waals surface area contributed by atoms with Gasteiger partial charge in [0.2, 0.25) is 15.9 Å². The van der Waals surface area contributed by atoms with E-state index < -0.39 is 10.0 Å². The quantitative estimate of drug-likeness (QED) is 0.620. The number of nitrogens with one attached hydrogen (secondary N) is 3. The first-order valence-corrected chi connectivity index (χ1v) is 9.05. The lowest BCUT2D eigenvalue weighted by molar-refractivity contribution is -0.122. The molecule has 0 aromatic heterocycles. The Morgan fingerprint density at radius 2 is 2.04 bits per heavy atom. The molecule has 1 fully saturated rings. The summed E-state index contributed by atoms with van der Waals surface area (Å²) in [6.07, 6.45) is 3.00. The maximum atomic E-state index is 11.7. The fourth-order valence-corrected chi connectivity index (χ4v) is 2.77. The first-order valence-electron chi connectivity index (χ1n) is 7.16. The number of amides is 1. The molecule has 1 atom stereocenters. The molecule has 23 heavy (non-hydrogen) atoms. The summed E-state index contributed by atoms with van der Waals surface area (Å²) in [6.45, 7) is 1.68. The summed E-state index contributed by atoms with van der Waals surface area (Å²) >= 11 is 0. The van der Waals surface area contributed by atoms with Crippen molar-refractivity contribution in [3.63, 3.8) is 0 Å². The van der Waals surface area contributed by atoms with Crippen molar-refractivity contribution in [2.24, 2.45) is 0 Å². The summed E-state index contributed by atoms with van der Waals surface area (Å²) < 4.78 is 30.0. The van der Waals surface area contributed by atoms with Crippen LogP contribution >= 0.6 is 12.4 Å². The number of carbonyl (C=O) groups is 1. The number of anilines is 1. The second-order valence-electron chi connectivity index (χ2n) is 5.19. The number of hydrogen-bond donors (Lipinski definition) is 3. The van der Waals surface area contributed by atoms with Crippen LogP contribution in [0.2, 0.25) is 0 Å². The Labute approximate surface area is 142 Å². The second kappa shape index (κ2) is 8.95. The van der Waals surface area contributed by atoms with Crippen molar-refractivity contribution in [2.45, 2.75) is 18.9 Å². The van der Waals surface area contributed by atoms with Gasteiger partial charge in [-0.25, -0.2) is 8.42 Å². The Morgan fingerprint density at radius 1 is 1.35 bits per heavy atom. The summed E-state index contributed by atoms with van der Waals surface area (Å²) in [6, 6.07) is 6.51. The average molecular weight is 364 g/mol. The number of sulfonamides is 1. The fourth-order valence-electron chi connectivity index (χ4n) is 2.21. The van der Waals surface area contributed by atoms with Crippen LogP contribution in [0.25, 0.3) is 0 Å². The maximum absolute atomic E-state index is 11.7. The number of carbonyl (C=O) groups excluding carboxylic acids is 1. The van der Waals surface area contributed by atoms with Crippen molar-refractivity contribution in [3.05, 3.63) is 24.3 Å². The van der Waals surface area contributed by atoms with E-state index >= 15 is 0 Å². The Bertz CT molecular complexity index is 601. The van der Waals surface area contributed by atoms with E-state index in [1.54, 1.807) is 24.3 Å². The van der Waals surface area contributed by atoms with Gasteiger partial charge in [-0.15, -0.1) is 12.4 Å². The van der Waals surface area contributed by atoms with E-state index in [1.165, 1.54) is 0 Å². The normalized spacial score (nSPS) is 17.2. The second-order valence-corrected chi connectivity index (χ2v) is 6.94. The molecular weight excluding hydrogens is 342 g/mol. The van der Waals surface area contributed by atoms with E-state index in [4.69, 9.17) is 4.74 Å². The first-order chi connectivity index (χ1) is 10.4. The number of ether oxygens (including phenoxy) is 1. The zero-order chi connectivity index (χ0) is 16.0. The van der Waals surface area contributed by atoms with Crippen LogP contribution < -0.4 is 20.1 Å². The summed E-state index contributed by atoms with van der Waals surface area (Å²) in [7, 11) is -3.27. The van der Waals surface area contributed by atoms with Gasteiger partial charge in [-0.2, -0.15) is 0 Å². The van der Waals surface area contributed by atoms with Crippen molar-refractivity contribution >= 4 is 34.0 Å². The van der Waals surface area contributed by atoms with E-state index in [1.807, 2.05) is 0 Å². The van der Waals surface area contributed by atoms with Gasteiger partial charge in [0.05, 0.1) is 18.8 Å². The van der Waals surface area contributed by atoms with E-state index in [2.05, 4.69) is 15.4 Å². The minimum absolute atomic E-state index is 0. The number of rotatable bonds is 7. The van der Waals surface area contributed by atoms with Crippen LogP contribution in [0.5, 0.6) is 5.75 Å².